The average molecular weight is 330 g/mol. The Kier molecular flexibility index (Phi) is 3.35. The van der Waals surface area contributed by atoms with E-state index in [0.29, 0.717) is 22.6 Å². The molecule has 0 bridgehead atoms. The minimum Gasteiger partial charge on any atom is -0.338 e. The Hall–Kier alpha value is -2.26. The summed E-state index contributed by atoms with van der Waals surface area (Å²) >= 11 is 3.04. The first-order valence-electron chi connectivity index (χ1n) is 6.51. The maximum Gasteiger partial charge on any atom is 0.253 e. The summed E-state index contributed by atoms with van der Waals surface area (Å²) in [6.07, 6.45) is 3.50. The van der Waals surface area contributed by atoms with Gasteiger partial charge in [0.05, 0.1) is 10.1 Å². The number of hydrogen-bond acceptors (Lipinski definition) is 8. The highest BCUT2D eigenvalue weighted by atomic mass is 32.2. The van der Waals surface area contributed by atoms with Gasteiger partial charge in [0.25, 0.3) is 5.78 Å². The summed E-state index contributed by atoms with van der Waals surface area (Å²) in [7, 11) is 0. The first kappa shape index (κ1) is 13.4. The van der Waals surface area contributed by atoms with Gasteiger partial charge in [-0.25, -0.2) is 9.50 Å². The largest absolute Gasteiger partial charge is 0.338 e. The normalized spacial score (nSPS) is 12.8. The van der Waals surface area contributed by atoms with E-state index in [1.54, 1.807) is 22.0 Å². The monoisotopic (exact) mass is 330 g/mol. The molecule has 4 rings (SSSR count). The smallest absolute Gasteiger partial charge is 0.253 e. The number of nitrogens with zero attached hydrogens (tertiary/aromatic N) is 6. The Morgan fingerprint density at radius 1 is 1.32 bits per heavy atom. The first-order chi connectivity index (χ1) is 10.8. The quantitative estimate of drug-likeness (QED) is 0.532. The Balaban J connectivity index is 1.55. The lowest BCUT2D eigenvalue weighted by Gasteiger charge is -2.00. The van der Waals surface area contributed by atoms with Gasteiger partial charge in [0.15, 0.2) is 0 Å². The van der Waals surface area contributed by atoms with Crippen LogP contribution in [-0.2, 0) is 0 Å². The van der Waals surface area contributed by atoms with Crippen molar-refractivity contribution in [2.24, 2.45) is 0 Å². The minimum absolute atomic E-state index is 0.0429. The molecule has 4 aromatic heterocycles. The molecule has 1 unspecified atom stereocenters. The van der Waals surface area contributed by atoms with Gasteiger partial charge < -0.3 is 4.52 Å². The summed E-state index contributed by atoms with van der Waals surface area (Å²) < 4.78 is 6.98. The van der Waals surface area contributed by atoms with Gasteiger partial charge in [-0.2, -0.15) is 9.97 Å². The molecular formula is C13H10N6OS2. The van der Waals surface area contributed by atoms with Crippen molar-refractivity contribution in [1.82, 2.24) is 29.7 Å². The summed E-state index contributed by atoms with van der Waals surface area (Å²) in [6, 6.07) is 5.74. The second-order valence-corrected chi connectivity index (χ2v) is 6.71. The molecule has 0 saturated carbocycles. The highest BCUT2D eigenvalue weighted by Gasteiger charge is 2.19. The minimum atomic E-state index is -0.0429. The van der Waals surface area contributed by atoms with E-state index in [-0.39, 0.29) is 5.25 Å². The molecule has 110 valence electrons. The molecule has 0 aliphatic carbocycles. The molecule has 0 aromatic carbocycles. The predicted molar refractivity (Wildman–Crippen MR) is 82.7 cm³/mol. The molecule has 0 spiro atoms. The second kappa shape index (κ2) is 5.50. The summed E-state index contributed by atoms with van der Waals surface area (Å²) in [6.45, 7) is 1.98. The number of thioether (sulfide) groups is 1. The summed E-state index contributed by atoms with van der Waals surface area (Å²) in [5.41, 5.74) is 0. The molecule has 0 amide bonds. The fraction of sp³-hybridized carbons (Fsp3) is 0.154. The van der Waals surface area contributed by atoms with Crippen LogP contribution in [0.15, 0.2) is 45.7 Å². The van der Waals surface area contributed by atoms with Crippen molar-refractivity contribution in [3.8, 4) is 10.7 Å². The van der Waals surface area contributed by atoms with E-state index >= 15 is 0 Å². The van der Waals surface area contributed by atoms with Crippen LogP contribution in [-0.4, -0.2) is 29.7 Å². The van der Waals surface area contributed by atoms with Crippen LogP contribution < -0.4 is 0 Å². The number of thiophene rings is 1. The van der Waals surface area contributed by atoms with Crippen LogP contribution in [0.4, 0.5) is 0 Å². The number of aromatic nitrogens is 6. The van der Waals surface area contributed by atoms with Crippen LogP contribution in [0.25, 0.3) is 16.5 Å². The van der Waals surface area contributed by atoms with Crippen molar-refractivity contribution in [1.29, 1.82) is 0 Å². The van der Waals surface area contributed by atoms with E-state index < -0.39 is 0 Å². The fourth-order valence-electron chi connectivity index (χ4n) is 1.88. The molecule has 4 heterocycles. The third kappa shape index (κ3) is 2.48. The molecule has 0 saturated heterocycles. The van der Waals surface area contributed by atoms with Gasteiger partial charge in [-0.1, -0.05) is 23.0 Å². The third-order valence-electron chi connectivity index (χ3n) is 2.91. The van der Waals surface area contributed by atoms with E-state index in [4.69, 9.17) is 4.52 Å². The van der Waals surface area contributed by atoms with Gasteiger partial charge in [0, 0.05) is 12.4 Å². The number of fused-ring (bicyclic) bond motifs is 1. The van der Waals surface area contributed by atoms with E-state index in [2.05, 4.69) is 25.2 Å². The van der Waals surface area contributed by atoms with Gasteiger partial charge >= 0.3 is 0 Å². The van der Waals surface area contributed by atoms with E-state index in [0.717, 1.165) is 4.88 Å². The van der Waals surface area contributed by atoms with Crippen molar-refractivity contribution >= 4 is 28.9 Å². The van der Waals surface area contributed by atoms with Gasteiger partial charge in [0.2, 0.25) is 16.9 Å². The fourth-order valence-corrected chi connectivity index (χ4v) is 3.31. The van der Waals surface area contributed by atoms with E-state index in [1.165, 1.54) is 11.8 Å². The van der Waals surface area contributed by atoms with Crippen LogP contribution >= 0.6 is 23.1 Å². The molecule has 1 atom stereocenters. The second-order valence-electron chi connectivity index (χ2n) is 4.45. The highest BCUT2D eigenvalue weighted by molar-refractivity contribution is 7.99. The van der Waals surface area contributed by atoms with Crippen molar-refractivity contribution in [2.45, 2.75) is 17.3 Å². The number of hydrogen-bond donors (Lipinski definition) is 0. The van der Waals surface area contributed by atoms with E-state index in [9.17, 15) is 0 Å². The standard InChI is InChI=1S/C13H10N6OS2/c1-8(11-15-10(18-20-11)9-4-2-7-21-9)22-13-16-12-14-5-3-6-19(12)17-13/h2-8H,1H3. The SMILES string of the molecule is CC(Sc1nc2ncccn2n1)c1nc(-c2cccs2)no1. The first-order valence-corrected chi connectivity index (χ1v) is 8.27. The average Bonchev–Trinajstić information content (AvgIpc) is 3.26. The van der Waals surface area contributed by atoms with Crippen LogP contribution in [0.3, 0.4) is 0 Å². The molecule has 0 N–H and O–H groups in total. The molecule has 0 aliphatic rings. The zero-order valence-electron chi connectivity index (χ0n) is 11.4. The lowest BCUT2D eigenvalue weighted by molar-refractivity contribution is 0.381. The van der Waals surface area contributed by atoms with E-state index in [1.807, 2.05) is 36.7 Å². The van der Waals surface area contributed by atoms with Gasteiger partial charge in [-0.3, -0.25) is 0 Å². The summed E-state index contributed by atoms with van der Waals surface area (Å²) in [4.78, 5) is 13.9. The number of rotatable bonds is 4. The molecule has 22 heavy (non-hydrogen) atoms. The van der Waals surface area contributed by atoms with Crippen molar-refractivity contribution in [3.05, 3.63) is 41.9 Å². The lowest BCUT2D eigenvalue weighted by Crippen LogP contribution is -1.90. The summed E-state index contributed by atoms with van der Waals surface area (Å²) in [5, 5.41) is 10.9. The van der Waals surface area contributed by atoms with Crippen molar-refractivity contribution in [3.63, 3.8) is 0 Å². The van der Waals surface area contributed by atoms with Gasteiger partial charge in [0.1, 0.15) is 0 Å². The maximum atomic E-state index is 5.34. The van der Waals surface area contributed by atoms with Crippen molar-refractivity contribution < 1.29 is 4.52 Å². The van der Waals surface area contributed by atoms with Gasteiger partial charge in [-0.15, -0.1) is 16.4 Å². The third-order valence-corrected chi connectivity index (χ3v) is 4.72. The Labute approximate surface area is 133 Å². The topological polar surface area (TPSA) is 82.0 Å². The molecule has 0 radical (unpaired) electrons. The summed E-state index contributed by atoms with van der Waals surface area (Å²) in [5.74, 6) is 1.74. The molecule has 4 aromatic rings. The van der Waals surface area contributed by atoms with Crippen LogP contribution in [0, 0.1) is 0 Å². The van der Waals surface area contributed by atoms with Gasteiger partial charge in [-0.05, 0) is 24.4 Å². The molecule has 9 heteroatoms. The highest BCUT2D eigenvalue weighted by Crippen LogP contribution is 2.33. The zero-order chi connectivity index (χ0) is 14.9. The van der Waals surface area contributed by atoms with Crippen LogP contribution in [0.2, 0.25) is 0 Å². The Morgan fingerprint density at radius 3 is 3.09 bits per heavy atom. The zero-order valence-corrected chi connectivity index (χ0v) is 13.1. The molecule has 0 fully saturated rings. The van der Waals surface area contributed by atoms with Crippen molar-refractivity contribution in [2.75, 3.05) is 0 Å². The Morgan fingerprint density at radius 2 is 2.27 bits per heavy atom. The molecular weight excluding hydrogens is 320 g/mol. The maximum absolute atomic E-state index is 5.34. The Bertz CT molecular complexity index is 867. The molecule has 0 aliphatic heterocycles. The van der Waals surface area contributed by atoms with Crippen LogP contribution in [0.1, 0.15) is 18.1 Å². The lowest BCUT2D eigenvalue weighted by atomic mass is 10.4. The predicted octanol–water partition coefficient (Wildman–Crippen LogP) is 3.09. The molecule has 7 nitrogen and oxygen atoms in total. The van der Waals surface area contributed by atoms with Crippen LogP contribution in [0.5, 0.6) is 0 Å².